The molecule has 1 aromatic heterocycles. The summed E-state index contributed by atoms with van der Waals surface area (Å²) < 4.78 is 2.30. The molecule has 0 radical (unpaired) electrons. The Labute approximate surface area is 92.7 Å². The maximum absolute atomic E-state index is 5.51. The third-order valence-corrected chi connectivity index (χ3v) is 2.80. The first kappa shape index (κ1) is 12.2. The number of aromatic nitrogens is 2. The van der Waals surface area contributed by atoms with E-state index in [1.54, 1.807) is 0 Å². The molecule has 1 unspecified atom stereocenters. The number of hydrogen-bond acceptors (Lipinski definition) is 2. The highest BCUT2D eigenvalue weighted by Gasteiger charge is 2.08. The van der Waals surface area contributed by atoms with Crippen LogP contribution in [0.15, 0.2) is 12.4 Å². The molecule has 3 heteroatoms. The molecule has 15 heavy (non-hydrogen) atoms. The van der Waals surface area contributed by atoms with Crippen molar-refractivity contribution in [3.8, 4) is 0 Å². The Morgan fingerprint density at radius 2 is 2.27 bits per heavy atom. The average Bonchev–Trinajstić information content (AvgIpc) is 2.71. The maximum Gasteiger partial charge on any atom is 0.108 e. The van der Waals surface area contributed by atoms with Gasteiger partial charge in [0.15, 0.2) is 0 Å². The molecule has 0 saturated carbocycles. The van der Waals surface area contributed by atoms with E-state index in [-0.39, 0.29) is 0 Å². The quantitative estimate of drug-likeness (QED) is 0.750. The van der Waals surface area contributed by atoms with Gasteiger partial charge in [0.05, 0.1) is 0 Å². The van der Waals surface area contributed by atoms with Crippen LogP contribution in [0.25, 0.3) is 0 Å². The van der Waals surface area contributed by atoms with Gasteiger partial charge in [-0.25, -0.2) is 4.98 Å². The zero-order valence-corrected chi connectivity index (χ0v) is 9.95. The molecule has 86 valence electrons. The molecule has 1 aromatic rings. The molecule has 2 N–H and O–H groups in total. The fourth-order valence-corrected chi connectivity index (χ4v) is 1.84. The predicted octanol–water partition coefficient (Wildman–Crippen LogP) is 2.53. The number of imidazole rings is 1. The molecule has 1 rings (SSSR count). The molecule has 0 aliphatic rings. The Kier molecular flexibility index (Phi) is 5.40. The number of nitrogens with zero attached hydrogens (tertiary/aromatic N) is 2. The summed E-state index contributed by atoms with van der Waals surface area (Å²) in [5.74, 6) is 1.18. The van der Waals surface area contributed by atoms with Crippen LogP contribution in [-0.4, -0.2) is 16.1 Å². The van der Waals surface area contributed by atoms with Gasteiger partial charge in [0.1, 0.15) is 5.82 Å². The standard InChI is InChI=1S/C12H23N3/c1-3-4-6-11(2)15-10-9-14-12(15)7-5-8-13/h9-11H,3-8,13H2,1-2H3. The van der Waals surface area contributed by atoms with Crippen molar-refractivity contribution in [3.63, 3.8) is 0 Å². The van der Waals surface area contributed by atoms with Crippen LogP contribution < -0.4 is 5.73 Å². The van der Waals surface area contributed by atoms with Gasteiger partial charge in [-0.15, -0.1) is 0 Å². The second kappa shape index (κ2) is 6.62. The first-order valence-corrected chi connectivity index (χ1v) is 6.01. The Balaban J connectivity index is 2.54. The fraction of sp³-hybridized carbons (Fsp3) is 0.750. The Hall–Kier alpha value is -0.830. The zero-order chi connectivity index (χ0) is 11.1. The molecule has 1 atom stereocenters. The van der Waals surface area contributed by atoms with Crippen LogP contribution in [0.3, 0.4) is 0 Å². The summed E-state index contributed by atoms with van der Waals surface area (Å²) in [7, 11) is 0. The molecular weight excluding hydrogens is 186 g/mol. The zero-order valence-electron chi connectivity index (χ0n) is 9.95. The summed E-state index contributed by atoms with van der Waals surface area (Å²) in [4.78, 5) is 4.39. The molecule has 0 amide bonds. The van der Waals surface area contributed by atoms with Gasteiger partial charge < -0.3 is 10.3 Å². The monoisotopic (exact) mass is 209 g/mol. The summed E-state index contributed by atoms with van der Waals surface area (Å²) in [6, 6.07) is 0.570. The Bertz CT molecular complexity index is 268. The Morgan fingerprint density at radius 1 is 1.47 bits per heavy atom. The van der Waals surface area contributed by atoms with Crippen LogP contribution in [0.4, 0.5) is 0 Å². The molecule has 0 aliphatic heterocycles. The van der Waals surface area contributed by atoms with Crippen molar-refractivity contribution in [2.45, 2.75) is 52.0 Å². The molecule has 3 nitrogen and oxygen atoms in total. The van der Waals surface area contributed by atoms with Gasteiger partial charge >= 0.3 is 0 Å². The second-order valence-electron chi connectivity index (χ2n) is 4.13. The van der Waals surface area contributed by atoms with Crippen molar-refractivity contribution in [1.29, 1.82) is 0 Å². The maximum atomic E-state index is 5.51. The number of unbranched alkanes of at least 4 members (excludes halogenated alkanes) is 1. The van der Waals surface area contributed by atoms with Crippen LogP contribution >= 0.6 is 0 Å². The lowest BCUT2D eigenvalue weighted by molar-refractivity contribution is 0.467. The minimum atomic E-state index is 0.570. The van der Waals surface area contributed by atoms with Crippen LogP contribution in [0.2, 0.25) is 0 Å². The minimum Gasteiger partial charge on any atom is -0.332 e. The van der Waals surface area contributed by atoms with Crippen LogP contribution in [0.5, 0.6) is 0 Å². The van der Waals surface area contributed by atoms with E-state index in [1.165, 1.54) is 25.1 Å². The van der Waals surface area contributed by atoms with E-state index in [2.05, 4.69) is 29.6 Å². The predicted molar refractivity (Wildman–Crippen MR) is 63.8 cm³/mol. The van der Waals surface area contributed by atoms with Gasteiger partial charge in [0, 0.05) is 24.9 Å². The molecule has 0 spiro atoms. The third-order valence-electron chi connectivity index (χ3n) is 2.80. The van der Waals surface area contributed by atoms with Gasteiger partial charge in [-0.1, -0.05) is 19.8 Å². The number of rotatable bonds is 7. The Morgan fingerprint density at radius 3 is 2.93 bits per heavy atom. The third kappa shape index (κ3) is 3.67. The van der Waals surface area contributed by atoms with Gasteiger partial charge in [0.25, 0.3) is 0 Å². The van der Waals surface area contributed by atoms with Gasteiger partial charge in [-0.2, -0.15) is 0 Å². The van der Waals surface area contributed by atoms with Gasteiger partial charge in [-0.3, -0.25) is 0 Å². The minimum absolute atomic E-state index is 0.570. The van der Waals surface area contributed by atoms with Crippen molar-refractivity contribution < 1.29 is 0 Å². The molecular formula is C12H23N3. The van der Waals surface area contributed by atoms with E-state index in [1.807, 2.05) is 6.20 Å². The fourth-order valence-electron chi connectivity index (χ4n) is 1.84. The van der Waals surface area contributed by atoms with Crippen molar-refractivity contribution in [1.82, 2.24) is 9.55 Å². The largest absolute Gasteiger partial charge is 0.332 e. The van der Waals surface area contributed by atoms with Gasteiger partial charge in [-0.05, 0) is 26.3 Å². The topological polar surface area (TPSA) is 43.8 Å². The normalized spacial score (nSPS) is 13.0. The summed E-state index contributed by atoms with van der Waals surface area (Å²) in [6.45, 7) is 5.25. The molecule has 0 aliphatic carbocycles. The van der Waals surface area contributed by atoms with Gasteiger partial charge in [0.2, 0.25) is 0 Å². The highest BCUT2D eigenvalue weighted by atomic mass is 15.1. The lowest BCUT2D eigenvalue weighted by atomic mass is 10.1. The summed E-state index contributed by atoms with van der Waals surface area (Å²) in [6.07, 6.45) is 9.80. The second-order valence-corrected chi connectivity index (χ2v) is 4.13. The summed E-state index contributed by atoms with van der Waals surface area (Å²) in [5.41, 5.74) is 5.51. The molecule has 1 heterocycles. The van der Waals surface area contributed by atoms with Crippen molar-refractivity contribution in [3.05, 3.63) is 18.2 Å². The van der Waals surface area contributed by atoms with E-state index in [0.717, 1.165) is 19.4 Å². The summed E-state index contributed by atoms with van der Waals surface area (Å²) in [5, 5.41) is 0. The van der Waals surface area contributed by atoms with E-state index in [4.69, 9.17) is 5.73 Å². The summed E-state index contributed by atoms with van der Waals surface area (Å²) >= 11 is 0. The lowest BCUT2D eigenvalue weighted by Crippen LogP contribution is -2.10. The average molecular weight is 209 g/mol. The highest BCUT2D eigenvalue weighted by molar-refractivity contribution is 4.95. The first-order chi connectivity index (χ1) is 7.29. The van der Waals surface area contributed by atoms with Crippen molar-refractivity contribution >= 4 is 0 Å². The van der Waals surface area contributed by atoms with Crippen LogP contribution in [0.1, 0.15) is 51.4 Å². The van der Waals surface area contributed by atoms with Crippen LogP contribution in [0, 0.1) is 0 Å². The number of nitrogens with two attached hydrogens (primary N) is 1. The number of aryl methyl sites for hydroxylation is 1. The molecule has 0 bridgehead atoms. The van der Waals surface area contributed by atoms with Crippen molar-refractivity contribution in [2.24, 2.45) is 5.73 Å². The van der Waals surface area contributed by atoms with E-state index >= 15 is 0 Å². The van der Waals surface area contributed by atoms with Crippen LogP contribution in [-0.2, 0) is 6.42 Å². The molecule has 0 fully saturated rings. The molecule has 0 aromatic carbocycles. The lowest BCUT2D eigenvalue weighted by Gasteiger charge is -2.15. The van der Waals surface area contributed by atoms with E-state index in [0.29, 0.717) is 6.04 Å². The first-order valence-electron chi connectivity index (χ1n) is 6.01. The number of hydrogen-bond donors (Lipinski definition) is 1. The highest BCUT2D eigenvalue weighted by Crippen LogP contribution is 2.16. The van der Waals surface area contributed by atoms with Crippen molar-refractivity contribution in [2.75, 3.05) is 6.54 Å². The van der Waals surface area contributed by atoms with E-state index < -0.39 is 0 Å². The van der Waals surface area contributed by atoms with E-state index in [9.17, 15) is 0 Å². The molecule has 0 saturated heterocycles. The smallest absolute Gasteiger partial charge is 0.108 e. The SMILES string of the molecule is CCCCC(C)n1ccnc1CCCN.